The molecule has 0 aliphatic carbocycles. The zero-order chi connectivity index (χ0) is 15.0. The Morgan fingerprint density at radius 1 is 1.48 bits per heavy atom. The molecule has 0 saturated carbocycles. The van der Waals surface area contributed by atoms with Gasteiger partial charge < -0.3 is 5.11 Å². The standard InChI is InChI=1S/C12H12N6O2S/c1-7-6-21-9(14-7)5-18-11(8-3-13-17(2)4-8)10(12(19)20)15-16-18/h3-4,6H,5H2,1-2H3,(H,19,20). The third-order valence-corrected chi connectivity index (χ3v) is 3.82. The molecule has 3 heterocycles. The fourth-order valence-corrected chi connectivity index (χ4v) is 2.75. The average Bonchev–Trinajstić information content (AvgIpc) is 3.10. The van der Waals surface area contributed by atoms with Crippen molar-refractivity contribution in [1.29, 1.82) is 0 Å². The molecule has 0 fully saturated rings. The summed E-state index contributed by atoms with van der Waals surface area (Å²) in [5, 5.41) is 23.8. The van der Waals surface area contributed by atoms with Crippen LogP contribution in [-0.4, -0.2) is 40.8 Å². The summed E-state index contributed by atoms with van der Waals surface area (Å²) in [7, 11) is 1.77. The number of rotatable bonds is 4. The van der Waals surface area contributed by atoms with E-state index in [0.717, 1.165) is 10.7 Å². The van der Waals surface area contributed by atoms with Crippen LogP contribution >= 0.6 is 11.3 Å². The lowest BCUT2D eigenvalue weighted by atomic mass is 10.2. The summed E-state index contributed by atoms with van der Waals surface area (Å²) in [6.45, 7) is 2.29. The second kappa shape index (κ2) is 5.09. The van der Waals surface area contributed by atoms with Gasteiger partial charge in [0.1, 0.15) is 10.7 Å². The van der Waals surface area contributed by atoms with Crippen LogP contribution in [-0.2, 0) is 13.6 Å². The Kier molecular flexibility index (Phi) is 3.26. The molecule has 3 aromatic heterocycles. The molecule has 0 unspecified atom stereocenters. The first-order chi connectivity index (χ1) is 10.0. The van der Waals surface area contributed by atoms with Gasteiger partial charge in [0.15, 0.2) is 5.69 Å². The van der Waals surface area contributed by atoms with Crippen LogP contribution in [0.15, 0.2) is 17.8 Å². The van der Waals surface area contributed by atoms with E-state index in [2.05, 4.69) is 20.4 Å². The van der Waals surface area contributed by atoms with E-state index in [0.29, 0.717) is 17.8 Å². The van der Waals surface area contributed by atoms with Crippen LogP contribution in [0.3, 0.4) is 0 Å². The molecular formula is C12H12N6O2S. The molecule has 0 aromatic carbocycles. The molecule has 0 aliphatic rings. The SMILES string of the molecule is Cc1csc(Cn2nnc(C(=O)O)c2-c2cnn(C)c2)n1. The van der Waals surface area contributed by atoms with Gasteiger partial charge in [0.2, 0.25) is 0 Å². The van der Waals surface area contributed by atoms with Gasteiger partial charge in [0, 0.05) is 29.9 Å². The molecule has 21 heavy (non-hydrogen) atoms. The Labute approximate surface area is 123 Å². The van der Waals surface area contributed by atoms with Crippen LogP contribution in [0.2, 0.25) is 0 Å². The number of thiazole rings is 1. The van der Waals surface area contributed by atoms with Gasteiger partial charge in [-0.05, 0) is 6.92 Å². The van der Waals surface area contributed by atoms with E-state index < -0.39 is 5.97 Å². The number of aromatic nitrogens is 6. The summed E-state index contributed by atoms with van der Waals surface area (Å²) in [4.78, 5) is 15.7. The monoisotopic (exact) mass is 304 g/mol. The van der Waals surface area contributed by atoms with Crippen LogP contribution in [0.1, 0.15) is 21.2 Å². The Morgan fingerprint density at radius 2 is 2.29 bits per heavy atom. The van der Waals surface area contributed by atoms with Crippen molar-refractivity contribution in [2.75, 3.05) is 0 Å². The first-order valence-electron chi connectivity index (χ1n) is 6.11. The highest BCUT2D eigenvalue weighted by atomic mass is 32.1. The normalized spacial score (nSPS) is 11.0. The molecule has 0 bridgehead atoms. The number of carbonyl (C=O) groups is 1. The van der Waals surface area contributed by atoms with Crippen molar-refractivity contribution >= 4 is 17.3 Å². The number of nitrogens with zero attached hydrogens (tertiary/aromatic N) is 6. The fraction of sp³-hybridized carbons (Fsp3) is 0.250. The lowest BCUT2D eigenvalue weighted by Crippen LogP contribution is -2.05. The third-order valence-electron chi connectivity index (χ3n) is 2.87. The van der Waals surface area contributed by atoms with E-state index >= 15 is 0 Å². The molecule has 0 saturated heterocycles. The summed E-state index contributed by atoms with van der Waals surface area (Å²) in [6, 6.07) is 0. The van der Waals surface area contributed by atoms with E-state index in [1.807, 2.05) is 12.3 Å². The molecule has 1 N–H and O–H groups in total. The summed E-state index contributed by atoms with van der Waals surface area (Å²) in [5.74, 6) is -1.12. The van der Waals surface area contributed by atoms with Crippen molar-refractivity contribution in [2.24, 2.45) is 7.05 Å². The highest BCUT2D eigenvalue weighted by molar-refractivity contribution is 7.09. The Balaban J connectivity index is 2.06. The molecular weight excluding hydrogens is 292 g/mol. The summed E-state index contributed by atoms with van der Waals surface area (Å²) >= 11 is 1.50. The number of hydrogen-bond acceptors (Lipinski definition) is 6. The Morgan fingerprint density at radius 3 is 2.86 bits per heavy atom. The zero-order valence-electron chi connectivity index (χ0n) is 11.4. The highest BCUT2D eigenvalue weighted by Gasteiger charge is 2.22. The van der Waals surface area contributed by atoms with E-state index in [1.165, 1.54) is 11.3 Å². The molecule has 0 spiro atoms. The molecule has 0 amide bonds. The van der Waals surface area contributed by atoms with Crippen molar-refractivity contribution in [3.05, 3.63) is 34.2 Å². The minimum absolute atomic E-state index is 0.0868. The number of carboxylic acid groups (broad SMARTS) is 1. The van der Waals surface area contributed by atoms with E-state index in [1.54, 1.807) is 28.8 Å². The fourth-order valence-electron chi connectivity index (χ4n) is 2.00. The molecule has 8 nitrogen and oxygen atoms in total. The third kappa shape index (κ3) is 2.55. The topological polar surface area (TPSA) is 98.7 Å². The predicted octanol–water partition coefficient (Wildman–Crippen LogP) is 1.19. The molecule has 0 aliphatic heterocycles. The summed E-state index contributed by atoms with van der Waals surface area (Å²) in [6.07, 6.45) is 3.32. The van der Waals surface area contributed by atoms with Crippen LogP contribution in [0.25, 0.3) is 11.3 Å². The minimum Gasteiger partial charge on any atom is -0.476 e. The maximum atomic E-state index is 11.3. The van der Waals surface area contributed by atoms with Gasteiger partial charge in [0.25, 0.3) is 0 Å². The maximum absolute atomic E-state index is 11.3. The second-order valence-electron chi connectivity index (χ2n) is 4.53. The lowest BCUT2D eigenvalue weighted by molar-refractivity contribution is 0.0691. The average molecular weight is 304 g/mol. The maximum Gasteiger partial charge on any atom is 0.358 e. The van der Waals surface area contributed by atoms with Crippen LogP contribution in [0.4, 0.5) is 0 Å². The lowest BCUT2D eigenvalue weighted by Gasteiger charge is -2.03. The first kappa shape index (κ1) is 13.4. The van der Waals surface area contributed by atoms with Crippen LogP contribution < -0.4 is 0 Å². The summed E-state index contributed by atoms with van der Waals surface area (Å²) in [5.41, 5.74) is 1.93. The van der Waals surface area contributed by atoms with Crippen molar-refractivity contribution < 1.29 is 9.90 Å². The Bertz CT molecular complexity index is 802. The minimum atomic E-state index is -1.12. The number of aryl methyl sites for hydroxylation is 2. The quantitative estimate of drug-likeness (QED) is 0.777. The molecule has 3 rings (SSSR count). The van der Waals surface area contributed by atoms with Gasteiger partial charge in [-0.3, -0.25) is 4.68 Å². The largest absolute Gasteiger partial charge is 0.476 e. The molecule has 3 aromatic rings. The van der Waals surface area contributed by atoms with Crippen LogP contribution in [0.5, 0.6) is 0 Å². The predicted molar refractivity (Wildman–Crippen MR) is 75.1 cm³/mol. The van der Waals surface area contributed by atoms with Crippen molar-refractivity contribution in [3.8, 4) is 11.3 Å². The van der Waals surface area contributed by atoms with Gasteiger partial charge in [-0.1, -0.05) is 5.21 Å². The number of carboxylic acids is 1. The van der Waals surface area contributed by atoms with E-state index in [9.17, 15) is 9.90 Å². The van der Waals surface area contributed by atoms with Crippen LogP contribution in [0, 0.1) is 6.92 Å². The zero-order valence-corrected chi connectivity index (χ0v) is 12.2. The molecule has 9 heteroatoms. The first-order valence-corrected chi connectivity index (χ1v) is 6.99. The van der Waals surface area contributed by atoms with Gasteiger partial charge in [-0.25, -0.2) is 14.5 Å². The second-order valence-corrected chi connectivity index (χ2v) is 5.48. The molecule has 108 valence electrons. The molecule has 0 radical (unpaired) electrons. The van der Waals surface area contributed by atoms with Crippen molar-refractivity contribution in [2.45, 2.75) is 13.5 Å². The van der Waals surface area contributed by atoms with Crippen molar-refractivity contribution in [1.82, 2.24) is 29.8 Å². The highest BCUT2D eigenvalue weighted by Crippen LogP contribution is 2.23. The van der Waals surface area contributed by atoms with E-state index in [-0.39, 0.29) is 5.69 Å². The van der Waals surface area contributed by atoms with Gasteiger partial charge >= 0.3 is 5.97 Å². The Hall–Kier alpha value is -2.55. The summed E-state index contributed by atoms with van der Waals surface area (Å²) < 4.78 is 3.14. The van der Waals surface area contributed by atoms with Gasteiger partial charge in [0.05, 0.1) is 12.7 Å². The van der Waals surface area contributed by atoms with Crippen molar-refractivity contribution in [3.63, 3.8) is 0 Å². The van der Waals surface area contributed by atoms with Gasteiger partial charge in [-0.2, -0.15) is 5.10 Å². The van der Waals surface area contributed by atoms with Gasteiger partial charge in [-0.15, -0.1) is 16.4 Å². The van der Waals surface area contributed by atoms with E-state index in [4.69, 9.17) is 0 Å². The smallest absolute Gasteiger partial charge is 0.358 e. The number of aromatic carboxylic acids is 1. The molecule has 0 atom stereocenters. The number of hydrogen-bond donors (Lipinski definition) is 1.